The van der Waals surface area contributed by atoms with Gasteiger partial charge in [-0.3, -0.25) is 27.2 Å². The molecule has 1 heterocycles. The number of rotatable bonds is 18. The first-order chi connectivity index (χ1) is 35.5. The normalized spacial score (nSPS) is 12.9. The monoisotopic (exact) mass is 1180 g/mol. The summed E-state index contributed by atoms with van der Waals surface area (Å²) in [6, 6.07) is 13.5. The molecule has 35 heteroatoms. The number of phenols is 2. The van der Waals surface area contributed by atoms with Crippen LogP contribution in [0, 0.1) is 13.8 Å². The Bertz CT molecular complexity index is 4140. The van der Waals surface area contributed by atoms with Crippen molar-refractivity contribution < 1.29 is 80.0 Å². The standard InChI is InChI=1S/C41H34Cl2N10O18S5/c1-18-4-5-22(13-27(18)50-53-35-32(75(64,65)66)14-25-24(37(35)56)8-9-26(38(25)76(67,68)69)46-33(54)16-72(57)71-17-42)45-41-48-39(43)47-40(49-41)44-21-6-7-23-20(11-21)12-31(74(61,62)63)34(36(23)55)52-51-28-15-30(73(58,59)60)29(70-3)10-19(28)2/h4-15,55-56H,16-17H2,1-3H3,(H,46,54)(H,58,59,60)(H,61,62,63)(H,64,65,66)(H,67,68,69)(H2,44,45,47,48,49). The first-order valence-electron chi connectivity index (χ1n) is 20.4. The van der Waals surface area contributed by atoms with Gasteiger partial charge in [0.25, 0.3) is 40.5 Å². The Hall–Kier alpha value is -7.15. The number of nitrogens with zero attached hydrogens (tertiary/aromatic N) is 7. The van der Waals surface area contributed by atoms with Crippen LogP contribution < -0.4 is 20.7 Å². The van der Waals surface area contributed by atoms with E-state index in [1.54, 1.807) is 6.92 Å². The fraction of sp³-hybridized carbons (Fsp3) is 0.122. The van der Waals surface area contributed by atoms with Crippen LogP contribution in [0.3, 0.4) is 0 Å². The zero-order chi connectivity index (χ0) is 55.8. The highest BCUT2D eigenvalue weighted by atomic mass is 35.5. The number of ether oxygens (including phenoxy) is 1. The van der Waals surface area contributed by atoms with Crippen LogP contribution in [0.1, 0.15) is 11.1 Å². The molecule has 1 unspecified atom stereocenters. The largest absolute Gasteiger partial charge is 0.505 e. The van der Waals surface area contributed by atoms with Gasteiger partial charge >= 0.3 is 0 Å². The second-order valence-corrected chi connectivity index (χ2v) is 22.6. The van der Waals surface area contributed by atoms with Crippen molar-refractivity contribution in [3.05, 3.63) is 89.2 Å². The van der Waals surface area contributed by atoms with E-state index in [9.17, 15) is 71.1 Å². The maximum Gasteiger partial charge on any atom is 0.298 e. The molecule has 76 heavy (non-hydrogen) atoms. The third-order valence-corrected chi connectivity index (χ3v) is 15.2. The Kier molecular flexibility index (Phi) is 16.3. The lowest BCUT2D eigenvalue weighted by molar-refractivity contribution is -0.113. The molecule has 28 nitrogen and oxygen atoms in total. The summed E-state index contributed by atoms with van der Waals surface area (Å²) in [5, 5.41) is 44.5. The molecule has 400 valence electrons. The predicted molar refractivity (Wildman–Crippen MR) is 273 cm³/mol. The number of carbonyl (C=O) groups is 1. The van der Waals surface area contributed by atoms with Crippen LogP contribution in [0.15, 0.2) is 113 Å². The minimum Gasteiger partial charge on any atom is -0.505 e. The second kappa shape index (κ2) is 21.8. The molecule has 0 bridgehead atoms. The van der Waals surface area contributed by atoms with Crippen LogP contribution in [0.25, 0.3) is 21.5 Å². The lowest BCUT2D eigenvalue weighted by Gasteiger charge is -2.15. The van der Waals surface area contributed by atoms with Crippen LogP contribution in [-0.2, 0) is 60.5 Å². The summed E-state index contributed by atoms with van der Waals surface area (Å²) in [7, 11) is -19.5. The fourth-order valence-corrected chi connectivity index (χ4v) is 10.7. The molecule has 0 aliphatic carbocycles. The molecule has 6 aromatic carbocycles. The molecule has 7 aromatic rings. The van der Waals surface area contributed by atoms with Crippen molar-refractivity contribution in [2.45, 2.75) is 33.4 Å². The van der Waals surface area contributed by atoms with Crippen molar-refractivity contribution in [3.63, 3.8) is 0 Å². The van der Waals surface area contributed by atoms with Crippen LogP contribution in [0.4, 0.5) is 51.7 Å². The van der Waals surface area contributed by atoms with Crippen molar-refractivity contribution in [1.29, 1.82) is 0 Å². The van der Waals surface area contributed by atoms with E-state index in [0.29, 0.717) is 11.6 Å². The average Bonchev–Trinajstić information content (AvgIpc) is 3.33. The summed E-state index contributed by atoms with van der Waals surface area (Å²) < 4.78 is 161. The van der Waals surface area contributed by atoms with E-state index in [2.05, 4.69) is 55.5 Å². The maximum atomic E-state index is 12.7. The number of aryl methyl sites for hydroxylation is 2. The van der Waals surface area contributed by atoms with Crippen LogP contribution in [0.5, 0.6) is 17.2 Å². The Labute approximate surface area is 441 Å². The van der Waals surface area contributed by atoms with E-state index in [1.165, 1.54) is 49.4 Å². The second-order valence-electron chi connectivity index (χ2n) is 15.4. The quantitative estimate of drug-likeness (QED) is 0.0223. The molecule has 0 fully saturated rings. The van der Waals surface area contributed by atoms with E-state index in [-0.39, 0.29) is 62.0 Å². The van der Waals surface area contributed by atoms with Gasteiger partial charge in [-0.2, -0.15) is 58.9 Å². The highest BCUT2D eigenvalue weighted by molar-refractivity contribution is 7.87. The first-order valence-corrected chi connectivity index (χ1v) is 28.4. The summed E-state index contributed by atoms with van der Waals surface area (Å²) in [5.41, 5.74) is -1.39. The van der Waals surface area contributed by atoms with Gasteiger partial charge in [-0.25, -0.2) is 4.21 Å². The van der Waals surface area contributed by atoms with Gasteiger partial charge in [0.1, 0.15) is 48.5 Å². The lowest BCUT2D eigenvalue weighted by Crippen LogP contribution is -2.21. The number of carbonyl (C=O) groups excluding carboxylic acids is 1. The van der Waals surface area contributed by atoms with E-state index in [4.69, 9.17) is 27.9 Å². The number of anilines is 5. The molecule has 0 aliphatic heterocycles. The van der Waals surface area contributed by atoms with E-state index >= 15 is 0 Å². The van der Waals surface area contributed by atoms with Gasteiger partial charge in [-0.15, -0.1) is 10.2 Å². The molecule has 0 aliphatic rings. The number of nitrogens with one attached hydrogen (secondary N) is 3. The smallest absolute Gasteiger partial charge is 0.298 e. The van der Waals surface area contributed by atoms with Crippen molar-refractivity contribution in [3.8, 4) is 17.2 Å². The molecule has 1 amide bonds. The summed E-state index contributed by atoms with van der Waals surface area (Å²) >= 11 is 9.33. The van der Waals surface area contributed by atoms with Crippen LogP contribution in [-0.4, -0.2) is 106 Å². The molecule has 9 N–H and O–H groups in total. The fourth-order valence-electron chi connectivity index (χ4n) is 7.01. The zero-order valence-electron chi connectivity index (χ0n) is 38.4. The van der Waals surface area contributed by atoms with Crippen molar-refractivity contribution in [2.24, 2.45) is 20.5 Å². The predicted octanol–water partition coefficient (Wildman–Crippen LogP) is 7.99. The van der Waals surface area contributed by atoms with Crippen LogP contribution >= 0.6 is 23.2 Å². The summed E-state index contributed by atoms with van der Waals surface area (Å²) in [6.07, 6.45) is 0. The molecule has 0 saturated heterocycles. The van der Waals surface area contributed by atoms with Crippen molar-refractivity contribution >= 4 is 154 Å². The molecule has 0 spiro atoms. The van der Waals surface area contributed by atoms with E-state index in [0.717, 1.165) is 31.4 Å². The number of benzene rings is 6. The van der Waals surface area contributed by atoms with Crippen molar-refractivity contribution in [1.82, 2.24) is 15.0 Å². The number of hydrogen-bond acceptors (Lipinski definition) is 23. The molecule has 1 atom stereocenters. The average molecular weight is 1190 g/mol. The number of methoxy groups -OCH3 is 1. The van der Waals surface area contributed by atoms with Gasteiger partial charge in [-0.1, -0.05) is 17.7 Å². The molecular weight excluding hydrogens is 1150 g/mol. The summed E-state index contributed by atoms with van der Waals surface area (Å²) in [6.45, 7) is 3.04. The first kappa shape index (κ1) is 56.6. The Morgan fingerprint density at radius 3 is 1.75 bits per heavy atom. The number of fused-ring (bicyclic) bond motifs is 2. The number of alkyl halides is 1. The Balaban J connectivity index is 1.18. The Morgan fingerprint density at radius 1 is 0.645 bits per heavy atom. The highest BCUT2D eigenvalue weighted by Crippen LogP contribution is 2.46. The highest BCUT2D eigenvalue weighted by Gasteiger charge is 2.29. The van der Waals surface area contributed by atoms with Gasteiger partial charge in [0.15, 0.2) is 22.6 Å². The Morgan fingerprint density at radius 2 is 1.18 bits per heavy atom. The maximum absolute atomic E-state index is 12.7. The van der Waals surface area contributed by atoms with Gasteiger partial charge in [0.2, 0.25) is 23.1 Å². The lowest BCUT2D eigenvalue weighted by atomic mass is 10.1. The molecular formula is C41H34Cl2N10O18S5. The van der Waals surface area contributed by atoms with Crippen LogP contribution in [0.2, 0.25) is 5.28 Å². The SMILES string of the molecule is COc1cc(C)c(N=Nc2c(S(=O)(=O)O)cc3cc(Nc4nc(Cl)nc(Nc5ccc(C)c(N=Nc6c(S(=O)(=O)O)cc7c(S(=O)(=O)O)c(NC(=O)CS(=O)OCCl)ccc7c6O)c5)n4)ccc3c2O)cc1S(=O)(=O)O. The minimum absolute atomic E-state index is 0.0000616. The number of azo groups is 2. The summed E-state index contributed by atoms with van der Waals surface area (Å²) in [5.74, 6) is -4.34. The third kappa shape index (κ3) is 12.7. The number of amides is 1. The number of aromatic hydroxyl groups is 2. The number of halogens is 2. The molecule has 0 saturated carbocycles. The number of phenolic OH excluding ortho intramolecular Hbond substituents is 2. The topological polar surface area (TPSA) is 435 Å². The van der Waals surface area contributed by atoms with E-state index < -0.39 is 128 Å². The third-order valence-electron chi connectivity index (χ3n) is 10.4. The number of hydrogen-bond donors (Lipinski definition) is 9. The van der Waals surface area contributed by atoms with Gasteiger partial charge in [0.05, 0.1) is 24.2 Å². The molecule has 0 radical (unpaired) electrons. The zero-order valence-corrected chi connectivity index (χ0v) is 43.9. The van der Waals surface area contributed by atoms with Crippen molar-refractivity contribution in [2.75, 3.05) is 34.9 Å². The molecule has 1 aromatic heterocycles. The van der Waals surface area contributed by atoms with E-state index in [1.807, 2.05) is 0 Å². The van der Waals surface area contributed by atoms with Gasteiger partial charge in [0, 0.05) is 27.5 Å². The van der Waals surface area contributed by atoms with Gasteiger partial charge < -0.3 is 30.9 Å². The summed E-state index contributed by atoms with van der Waals surface area (Å²) in [4.78, 5) is 21.0. The molecule has 7 rings (SSSR count). The minimum atomic E-state index is -5.38. The van der Waals surface area contributed by atoms with Gasteiger partial charge in [-0.05, 0) is 109 Å². The number of aromatic nitrogens is 3.